The van der Waals surface area contributed by atoms with E-state index in [1.54, 1.807) is 0 Å². The summed E-state index contributed by atoms with van der Waals surface area (Å²) in [6.07, 6.45) is 3.30. The molecule has 128 valence electrons. The first-order valence-corrected chi connectivity index (χ1v) is 9.09. The average molecular weight is 346 g/mol. The normalized spacial score (nSPS) is 14.1. The molecule has 0 saturated heterocycles. The van der Waals surface area contributed by atoms with E-state index in [4.69, 9.17) is 5.11 Å². The molecule has 1 aromatic carbocycles. The van der Waals surface area contributed by atoms with Crippen molar-refractivity contribution in [2.45, 2.75) is 38.8 Å². The van der Waals surface area contributed by atoms with Crippen molar-refractivity contribution < 1.29 is 9.90 Å². The number of carbonyl (C=O) groups is 1. The number of amides is 1. The van der Waals surface area contributed by atoms with Crippen LogP contribution >= 0.6 is 11.3 Å². The van der Waals surface area contributed by atoms with Crippen molar-refractivity contribution in [2.75, 3.05) is 18.5 Å². The first-order chi connectivity index (χ1) is 11.7. The minimum atomic E-state index is -0.233. The molecule has 1 saturated carbocycles. The molecule has 2 aromatic rings. The van der Waals surface area contributed by atoms with E-state index in [0.717, 1.165) is 17.1 Å². The molecule has 1 amide bonds. The molecule has 3 rings (SSSR count). The highest BCUT2D eigenvalue weighted by atomic mass is 32.1. The van der Waals surface area contributed by atoms with Crippen molar-refractivity contribution in [2.24, 2.45) is 0 Å². The third kappa shape index (κ3) is 4.37. The molecule has 0 bridgehead atoms. The number of rotatable bonds is 8. The zero-order valence-corrected chi connectivity index (χ0v) is 14.6. The van der Waals surface area contributed by atoms with Crippen LogP contribution in [0, 0.1) is 0 Å². The molecule has 1 aliphatic rings. The Kier molecular flexibility index (Phi) is 5.55. The van der Waals surface area contributed by atoms with Gasteiger partial charge in [-0.1, -0.05) is 30.4 Å². The molecule has 1 aromatic heterocycles. The second-order valence-corrected chi connectivity index (χ2v) is 6.99. The van der Waals surface area contributed by atoms with Crippen LogP contribution in [0.5, 0.6) is 0 Å². The van der Waals surface area contributed by atoms with Gasteiger partial charge in [0, 0.05) is 18.3 Å². The highest BCUT2D eigenvalue weighted by molar-refractivity contribution is 7.13. The van der Waals surface area contributed by atoms with Gasteiger partial charge in [0.15, 0.2) is 0 Å². The fraction of sp³-hybridized carbons (Fsp3) is 0.471. The maximum Gasteiger partial charge on any atom is 0.286 e. The Balaban J connectivity index is 1.60. The molecular weight excluding hydrogens is 324 g/mol. The summed E-state index contributed by atoms with van der Waals surface area (Å²) in [6, 6.07) is 8.34. The molecule has 1 heterocycles. The molecule has 0 radical (unpaired) electrons. The number of nitrogens with zero attached hydrogens (tertiary/aromatic N) is 3. The van der Waals surface area contributed by atoms with E-state index in [-0.39, 0.29) is 12.5 Å². The molecule has 0 atom stereocenters. The van der Waals surface area contributed by atoms with Gasteiger partial charge in [-0.2, -0.15) is 0 Å². The van der Waals surface area contributed by atoms with Gasteiger partial charge in [0.1, 0.15) is 5.01 Å². The first kappa shape index (κ1) is 17.0. The molecule has 2 N–H and O–H groups in total. The van der Waals surface area contributed by atoms with Crippen molar-refractivity contribution >= 4 is 22.9 Å². The molecule has 1 fully saturated rings. The predicted octanol–water partition coefficient (Wildman–Crippen LogP) is 2.31. The molecule has 1 aliphatic carbocycles. The van der Waals surface area contributed by atoms with Gasteiger partial charge in [-0.15, -0.1) is 10.2 Å². The Morgan fingerprint density at radius 3 is 2.71 bits per heavy atom. The highest BCUT2D eigenvalue weighted by Crippen LogP contribution is 2.28. The number of aliphatic hydroxyl groups is 1. The molecule has 24 heavy (non-hydrogen) atoms. The van der Waals surface area contributed by atoms with Gasteiger partial charge in [0.2, 0.25) is 5.01 Å². The van der Waals surface area contributed by atoms with Crippen LogP contribution in [0.15, 0.2) is 24.3 Å². The molecule has 0 aliphatic heterocycles. The van der Waals surface area contributed by atoms with E-state index in [9.17, 15) is 4.79 Å². The monoisotopic (exact) mass is 346 g/mol. The number of benzene rings is 1. The van der Waals surface area contributed by atoms with Crippen LogP contribution in [0.1, 0.15) is 40.1 Å². The third-order valence-corrected chi connectivity index (χ3v) is 4.98. The van der Waals surface area contributed by atoms with Gasteiger partial charge in [0.05, 0.1) is 13.2 Å². The Morgan fingerprint density at radius 1 is 1.33 bits per heavy atom. The second-order valence-electron chi connectivity index (χ2n) is 5.93. The minimum absolute atomic E-state index is 0.135. The van der Waals surface area contributed by atoms with Gasteiger partial charge in [-0.3, -0.25) is 9.69 Å². The van der Waals surface area contributed by atoms with Gasteiger partial charge < -0.3 is 10.4 Å². The van der Waals surface area contributed by atoms with Gasteiger partial charge in [-0.05, 0) is 37.0 Å². The fourth-order valence-corrected chi connectivity index (χ4v) is 3.31. The molecular formula is C17H22N4O2S. The zero-order valence-electron chi connectivity index (χ0n) is 13.7. The van der Waals surface area contributed by atoms with Crippen LogP contribution in [0.2, 0.25) is 0 Å². The maximum atomic E-state index is 12.3. The lowest BCUT2D eigenvalue weighted by Gasteiger charge is -2.18. The van der Waals surface area contributed by atoms with Crippen LogP contribution in [0.3, 0.4) is 0 Å². The van der Waals surface area contributed by atoms with E-state index in [2.05, 4.69) is 27.3 Å². The lowest BCUT2D eigenvalue weighted by atomic mass is 10.1. The smallest absolute Gasteiger partial charge is 0.286 e. The van der Waals surface area contributed by atoms with E-state index in [1.807, 2.05) is 24.3 Å². The molecule has 0 unspecified atom stereocenters. The van der Waals surface area contributed by atoms with E-state index >= 15 is 0 Å². The summed E-state index contributed by atoms with van der Waals surface area (Å²) >= 11 is 1.31. The standard InChI is InChI=1S/C17H22N4O2S/c1-2-12-3-5-13(6-4-12)18-16(23)17-20-19-15(24-17)11-21(9-10-22)14-7-8-14/h3-6,14,22H,2,7-11H2,1H3,(H,18,23). The second kappa shape index (κ2) is 7.83. The summed E-state index contributed by atoms with van der Waals surface area (Å²) in [6.45, 7) is 3.51. The van der Waals surface area contributed by atoms with E-state index in [0.29, 0.717) is 24.1 Å². The first-order valence-electron chi connectivity index (χ1n) is 8.27. The summed E-state index contributed by atoms with van der Waals surface area (Å²) in [5.41, 5.74) is 1.99. The number of hydrogen-bond acceptors (Lipinski definition) is 6. The van der Waals surface area contributed by atoms with Crippen molar-refractivity contribution in [3.05, 3.63) is 39.8 Å². The van der Waals surface area contributed by atoms with Crippen LogP contribution in [-0.2, 0) is 13.0 Å². The number of anilines is 1. The Morgan fingerprint density at radius 2 is 2.08 bits per heavy atom. The Hall–Kier alpha value is -1.83. The van der Waals surface area contributed by atoms with Gasteiger partial charge in [-0.25, -0.2) is 0 Å². The number of hydrogen-bond donors (Lipinski definition) is 2. The summed E-state index contributed by atoms with van der Waals surface area (Å²) in [7, 11) is 0. The topological polar surface area (TPSA) is 78.4 Å². The van der Waals surface area contributed by atoms with Crippen molar-refractivity contribution in [1.82, 2.24) is 15.1 Å². The van der Waals surface area contributed by atoms with Gasteiger partial charge in [0.25, 0.3) is 5.91 Å². The zero-order chi connectivity index (χ0) is 16.9. The molecule has 0 spiro atoms. The Bertz CT molecular complexity index is 682. The van der Waals surface area contributed by atoms with Crippen LogP contribution < -0.4 is 5.32 Å². The van der Waals surface area contributed by atoms with Crippen LogP contribution in [0.4, 0.5) is 5.69 Å². The Labute approximate surface area is 145 Å². The highest BCUT2D eigenvalue weighted by Gasteiger charge is 2.29. The quantitative estimate of drug-likeness (QED) is 0.767. The lowest BCUT2D eigenvalue weighted by molar-refractivity contribution is 0.102. The average Bonchev–Trinajstić information content (AvgIpc) is 3.34. The number of aromatic nitrogens is 2. The largest absolute Gasteiger partial charge is 0.395 e. The van der Waals surface area contributed by atoms with E-state index in [1.165, 1.54) is 29.7 Å². The number of nitrogens with one attached hydrogen (secondary N) is 1. The minimum Gasteiger partial charge on any atom is -0.395 e. The van der Waals surface area contributed by atoms with Gasteiger partial charge >= 0.3 is 0 Å². The predicted molar refractivity (Wildman–Crippen MR) is 94.2 cm³/mol. The fourth-order valence-electron chi connectivity index (χ4n) is 2.55. The number of aliphatic hydroxyl groups excluding tert-OH is 1. The third-order valence-electron chi connectivity index (χ3n) is 4.07. The maximum absolute atomic E-state index is 12.3. The van der Waals surface area contributed by atoms with Crippen LogP contribution in [0.25, 0.3) is 0 Å². The number of carbonyl (C=O) groups excluding carboxylic acids is 1. The summed E-state index contributed by atoms with van der Waals surface area (Å²) in [5.74, 6) is -0.233. The summed E-state index contributed by atoms with van der Waals surface area (Å²) < 4.78 is 0. The number of aryl methyl sites for hydroxylation is 1. The SMILES string of the molecule is CCc1ccc(NC(=O)c2nnc(CN(CCO)C3CC3)s2)cc1. The van der Waals surface area contributed by atoms with Crippen molar-refractivity contribution in [1.29, 1.82) is 0 Å². The van der Waals surface area contributed by atoms with Crippen molar-refractivity contribution in [3.8, 4) is 0 Å². The van der Waals surface area contributed by atoms with Crippen LogP contribution in [-0.4, -0.2) is 45.3 Å². The summed E-state index contributed by atoms with van der Waals surface area (Å²) in [5, 5.41) is 21.3. The summed E-state index contributed by atoms with van der Waals surface area (Å²) in [4.78, 5) is 14.5. The lowest BCUT2D eigenvalue weighted by Crippen LogP contribution is -2.28. The van der Waals surface area contributed by atoms with Crippen molar-refractivity contribution in [3.63, 3.8) is 0 Å². The molecule has 7 heteroatoms. The van der Waals surface area contributed by atoms with E-state index < -0.39 is 0 Å². The molecule has 6 nitrogen and oxygen atoms in total.